The first-order valence-corrected chi connectivity index (χ1v) is 5.63. The monoisotopic (exact) mass is 239 g/mol. The second kappa shape index (κ2) is 5.24. The number of ether oxygens (including phenoxy) is 1. The van der Waals surface area contributed by atoms with Crippen LogP contribution in [-0.4, -0.2) is 65.4 Å². The Labute approximate surface area is 99.5 Å². The van der Waals surface area contributed by atoms with Gasteiger partial charge in [0.2, 0.25) is 5.82 Å². The molecule has 0 radical (unpaired) electrons. The molecule has 2 heterocycles. The van der Waals surface area contributed by atoms with Gasteiger partial charge in [-0.05, 0) is 6.92 Å². The van der Waals surface area contributed by atoms with Crippen LogP contribution in [0.5, 0.6) is 0 Å². The van der Waals surface area contributed by atoms with Gasteiger partial charge in [0.1, 0.15) is 5.82 Å². The number of morpholine rings is 1. The van der Waals surface area contributed by atoms with Gasteiger partial charge in [0.05, 0.1) is 12.7 Å². The molecule has 1 aromatic rings. The van der Waals surface area contributed by atoms with Crippen molar-refractivity contribution in [2.75, 3.05) is 33.3 Å². The lowest BCUT2D eigenvalue weighted by Crippen LogP contribution is -2.45. The van der Waals surface area contributed by atoms with Gasteiger partial charge in [0, 0.05) is 26.7 Å². The Bertz CT molecular complexity index is 386. The second-order valence-electron chi connectivity index (χ2n) is 4.13. The van der Waals surface area contributed by atoms with E-state index in [0.29, 0.717) is 19.0 Å². The van der Waals surface area contributed by atoms with Crippen molar-refractivity contribution in [1.82, 2.24) is 25.4 Å². The van der Waals surface area contributed by atoms with E-state index in [1.165, 1.54) is 0 Å². The number of H-pyrrole nitrogens is 1. The molecule has 0 aliphatic carbocycles. The van der Waals surface area contributed by atoms with E-state index in [2.05, 4.69) is 20.5 Å². The lowest BCUT2D eigenvalue weighted by Gasteiger charge is -2.27. The first-order valence-electron chi connectivity index (χ1n) is 5.63. The summed E-state index contributed by atoms with van der Waals surface area (Å²) in [5.74, 6) is 0.648. The van der Waals surface area contributed by atoms with Gasteiger partial charge in [-0.1, -0.05) is 0 Å². The molecule has 1 saturated heterocycles. The van der Waals surface area contributed by atoms with Crippen molar-refractivity contribution in [3.8, 4) is 0 Å². The number of nitrogens with one attached hydrogen (secondary N) is 2. The van der Waals surface area contributed by atoms with Crippen LogP contribution < -0.4 is 5.32 Å². The first kappa shape index (κ1) is 12.0. The summed E-state index contributed by atoms with van der Waals surface area (Å²) in [6, 6.07) is 0. The number of nitrogens with zero attached hydrogens (tertiary/aromatic N) is 3. The van der Waals surface area contributed by atoms with Gasteiger partial charge in [-0.2, -0.15) is 0 Å². The van der Waals surface area contributed by atoms with Crippen LogP contribution in [0.4, 0.5) is 0 Å². The van der Waals surface area contributed by atoms with E-state index in [4.69, 9.17) is 4.74 Å². The largest absolute Gasteiger partial charge is 0.374 e. The number of hydrogen-bond donors (Lipinski definition) is 2. The Kier molecular flexibility index (Phi) is 3.70. The zero-order valence-electron chi connectivity index (χ0n) is 10.1. The summed E-state index contributed by atoms with van der Waals surface area (Å²) < 4.78 is 5.53. The van der Waals surface area contributed by atoms with E-state index < -0.39 is 0 Å². The van der Waals surface area contributed by atoms with Crippen molar-refractivity contribution in [2.24, 2.45) is 0 Å². The lowest BCUT2D eigenvalue weighted by molar-refractivity contribution is 0.0101. The fraction of sp³-hybridized carbons (Fsp3) is 0.700. The summed E-state index contributed by atoms with van der Waals surface area (Å²) >= 11 is 0. The molecule has 0 aromatic carbocycles. The maximum atomic E-state index is 11.9. The fourth-order valence-electron chi connectivity index (χ4n) is 1.73. The van der Waals surface area contributed by atoms with Crippen molar-refractivity contribution in [3.05, 3.63) is 11.6 Å². The van der Waals surface area contributed by atoms with Crippen LogP contribution in [0, 0.1) is 6.92 Å². The summed E-state index contributed by atoms with van der Waals surface area (Å²) in [5, 5.41) is 9.72. The van der Waals surface area contributed by atoms with E-state index in [1.54, 1.807) is 18.9 Å². The molecular formula is C10H17N5O2. The number of hydrogen-bond acceptors (Lipinski definition) is 5. The zero-order chi connectivity index (χ0) is 12.3. The van der Waals surface area contributed by atoms with Crippen molar-refractivity contribution >= 4 is 5.91 Å². The van der Waals surface area contributed by atoms with Crippen LogP contribution in [-0.2, 0) is 4.74 Å². The lowest BCUT2D eigenvalue weighted by atomic mass is 10.3. The smallest absolute Gasteiger partial charge is 0.293 e. The molecule has 1 unspecified atom stereocenters. The molecule has 17 heavy (non-hydrogen) atoms. The number of aromatic amines is 1. The van der Waals surface area contributed by atoms with Gasteiger partial charge < -0.3 is 15.0 Å². The predicted molar refractivity (Wildman–Crippen MR) is 60.7 cm³/mol. The van der Waals surface area contributed by atoms with Crippen LogP contribution in [0.25, 0.3) is 0 Å². The third-order valence-electron chi connectivity index (χ3n) is 2.62. The maximum absolute atomic E-state index is 11.9. The average Bonchev–Trinajstić information content (AvgIpc) is 2.76. The molecular weight excluding hydrogens is 222 g/mol. The Hall–Kier alpha value is -1.47. The van der Waals surface area contributed by atoms with Crippen molar-refractivity contribution in [2.45, 2.75) is 13.0 Å². The summed E-state index contributed by atoms with van der Waals surface area (Å²) in [7, 11) is 1.73. The quantitative estimate of drug-likeness (QED) is 0.719. The van der Waals surface area contributed by atoms with Gasteiger partial charge in [0.25, 0.3) is 5.91 Å². The van der Waals surface area contributed by atoms with Gasteiger partial charge >= 0.3 is 0 Å². The number of amides is 1. The summed E-state index contributed by atoms with van der Waals surface area (Å²) in [6.07, 6.45) is 0.0396. The van der Waals surface area contributed by atoms with Crippen LogP contribution in [0.1, 0.15) is 16.4 Å². The topological polar surface area (TPSA) is 83.1 Å². The molecule has 2 N–H and O–H groups in total. The van der Waals surface area contributed by atoms with E-state index in [0.717, 1.165) is 13.1 Å². The number of rotatable bonds is 3. The highest BCUT2D eigenvalue weighted by molar-refractivity contribution is 5.90. The fourth-order valence-corrected chi connectivity index (χ4v) is 1.73. The van der Waals surface area contributed by atoms with Crippen molar-refractivity contribution < 1.29 is 9.53 Å². The minimum absolute atomic E-state index is 0.0396. The third-order valence-corrected chi connectivity index (χ3v) is 2.62. The molecule has 2 rings (SSSR count). The second-order valence-corrected chi connectivity index (χ2v) is 4.13. The van der Waals surface area contributed by atoms with Crippen LogP contribution in [0.3, 0.4) is 0 Å². The summed E-state index contributed by atoms with van der Waals surface area (Å²) in [4.78, 5) is 17.5. The van der Waals surface area contributed by atoms with Crippen LogP contribution in [0.15, 0.2) is 0 Å². The number of aryl methyl sites for hydroxylation is 1. The summed E-state index contributed by atoms with van der Waals surface area (Å²) in [5.41, 5.74) is 0. The molecule has 7 nitrogen and oxygen atoms in total. The van der Waals surface area contributed by atoms with Crippen LogP contribution in [0.2, 0.25) is 0 Å². The normalized spacial score (nSPS) is 20.2. The Morgan fingerprint density at radius 3 is 3.06 bits per heavy atom. The highest BCUT2D eigenvalue weighted by Crippen LogP contribution is 2.02. The standard InChI is InChI=1S/C10H17N5O2/c1-7-12-9(14-13-7)10(16)15(2)6-8-5-11-3-4-17-8/h8,11H,3-6H2,1-2H3,(H,12,13,14). The zero-order valence-corrected chi connectivity index (χ0v) is 10.1. The molecule has 7 heteroatoms. The van der Waals surface area contributed by atoms with Crippen molar-refractivity contribution in [3.63, 3.8) is 0 Å². The SMILES string of the molecule is Cc1nc(C(=O)N(C)CC2CNCCO2)n[nH]1. The molecule has 0 saturated carbocycles. The van der Waals surface area contributed by atoms with Gasteiger partial charge in [-0.3, -0.25) is 9.89 Å². The minimum Gasteiger partial charge on any atom is -0.374 e. The number of carbonyl (C=O) groups is 1. The Morgan fingerprint density at radius 1 is 1.65 bits per heavy atom. The molecule has 1 aliphatic heterocycles. The number of aromatic nitrogens is 3. The average molecular weight is 239 g/mol. The van der Waals surface area contributed by atoms with Crippen LogP contribution >= 0.6 is 0 Å². The number of likely N-dealkylation sites (N-methyl/N-ethyl adjacent to an activating group) is 1. The molecule has 94 valence electrons. The van der Waals surface area contributed by atoms with Crippen molar-refractivity contribution in [1.29, 1.82) is 0 Å². The molecule has 0 spiro atoms. The number of carbonyl (C=O) groups excluding carboxylic acids is 1. The third kappa shape index (κ3) is 3.01. The summed E-state index contributed by atoms with van der Waals surface area (Å²) in [6.45, 7) is 4.63. The molecule has 0 bridgehead atoms. The van der Waals surface area contributed by atoms with E-state index in [-0.39, 0.29) is 17.8 Å². The Morgan fingerprint density at radius 2 is 2.47 bits per heavy atom. The maximum Gasteiger partial charge on any atom is 0.293 e. The van der Waals surface area contributed by atoms with Gasteiger partial charge in [0.15, 0.2) is 0 Å². The molecule has 1 aliphatic rings. The molecule has 1 atom stereocenters. The molecule has 1 amide bonds. The van der Waals surface area contributed by atoms with Gasteiger partial charge in [-0.25, -0.2) is 4.98 Å². The van der Waals surface area contributed by atoms with E-state index >= 15 is 0 Å². The van der Waals surface area contributed by atoms with E-state index in [1.807, 2.05) is 0 Å². The molecule has 1 aromatic heterocycles. The van der Waals surface area contributed by atoms with Gasteiger partial charge in [-0.15, -0.1) is 5.10 Å². The highest BCUT2D eigenvalue weighted by Gasteiger charge is 2.21. The highest BCUT2D eigenvalue weighted by atomic mass is 16.5. The predicted octanol–water partition coefficient (Wildman–Crippen LogP) is -0.826. The Balaban J connectivity index is 1.90. The minimum atomic E-state index is -0.191. The van der Waals surface area contributed by atoms with E-state index in [9.17, 15) is 4.79 Å². The first-order chi connectivity index (χ1) is 8.16. The molecule has 1 fully saturated rings.